The molecule has 0 spiro atoms. The van der Waals surface area contributed by atoms with Gasteiger partial charge in [-0.25, -0.2) is 0 Å². The summed E-state index contributed by atoms with van der Waals surface area (Å²) in [6.07, 6.45) is 2.03. The lowest BCUT2D eigenvalue weighted by Crippen LogP contribution is -2.38. The molecule has 1 atom stereocenters. The summed E-state index contributed by atoms with van der Waals surface area (Å²) in [5.41, 5.74) is 2.56. The number of hydrogen-bond acceptors (Lipinski definition) is 3. The maximum atomic E-state index is 12.9. The lowest BCUT2D eigenvalue weighted by molar-refractivity contribution is 0.0855. The Kier molecular flexibility index (Phi) is 5.34. The van der Waals surface area contributed by atoms with E-state index in [1.807, 2.05) is 50.2 Å². The van der Waals surface area contributed by atoms with Gasteiger partial charge in [0.15, 0.2) is 0 Å². The molecule has 1 saturated heterocycles. The first-order chi connectivity index (χ1) is 12.1. The average molecular weight is 340 g/mol. The molecule has 0 bridgehead atoms. The molecule has 0 saturated carbocycles. The Labute approximate surface area is 147 Å². The quantitative estimate of drug-likeness (QED) is 0.909. The Morgan fingerprint density at radius 2 is 2.04 bits per heavy atom. The van der Waals surface area contributed by atoms with E-state index in [4.69, 9.17) is 4.74 Å². The van der Waals surface area contributed by atoms with Gasteiger partial charge < -0.3 is 14.6 Å². The zero-order valence-electron chi connectivity index (χ0n) is 14.7. The highest BCUT2D eigenvalue weighted by Crippen LogP contribution is 2.12. The van der Waals surface area contributed by atoms with E-state index in [1.165, 1.54) is 0 Å². The van der Waals surface area contributed by atoms with Gasteiger partial charge in [-0.3, -0.25) is 9.59 Å². The molecule has 1 aromatic heterocycles. The first-order valence-electron chi connectivity index (χ1n) is 8.71. The van der Waals surface area contributed by atoms with Crippen molar-refractivity contribution < 1.29 is 9.53 Å². The summed E-state index contributed by atoms with van der Waals surface area (Å²) in [5.74, 6) is -0.320. The minimum Gasteiger partial charge on any atom is -0.376 e. The number of aryl methyl sites for hydroxylation is 2. The van der Waals surface area contributed by atoms with Crippen LogP contribution < -0.4 is 10.9 Å². The Bertz CT molecular complexity index is 806. The van der Waals surface area contributed by atoms with Crippen molar-refractivity contribution in [1.29, 1.82) is 0 Å². The zero-order valence-corrected chi connectivity index (χ0v) is 14.7. The highest BCUT2D eigenvalue weighted by atomic mass is 16.5. The molecule has 0 radical (unpaired) electrons. The Morgan fingerprint density at radius 1 is 1.28 bits per heavy atom. The number of hydrogen-bond donors (Lipinski definition) is 1. The summed E-state index contributed by atoms with van der Waals surface area (Å²) in [6.45, 7) is 5.35. The van der Waals surface area contributed by atoms with Gasteiger partial charge in [0.25, 0.3) is 11.5 Å². The molecule has 1 unspecified atom stereocenters. The van der Waals surface area contributed by atoms with Crippen molar-refractivity contribution in [3.8, 4) is 0 Å². The lowest BCUT2D eigenvalue weighted by atomic mass is 10.1. The van der Waals surface area contributed by atoms with Gasteiger partial charge in [0.1, 0.15) is 5.56 Å². The zero-order chi connectivity index (χ0) is 17.8. The maximum absolute atomic E-state index is 12.9. The van der Waals surface area contributed by atoms with Crippen molar-refractivity contribution in [2.24, 2.45) is 0 Å². The summed E-state index contributed by atoms with van der Waals surface area (Å²) in [7, 11) is 0. The number of carbonyl (C=O) groups excluding carboxylic acids is 1. The summed E-state index contributed by atoms with van der Waals surface area (Å²) in [6, 6.07) is 11.7. The normalized spacial score (nSPS) is 16.8. The van der Waals surface area contributed by atoms with Crippen LogP contribution in [-0.4, -0.2) is 29.7 Å². The second-order valence-corrected chi connectivity index (χ2v) is 6.57. The molecule has 5 heteroatoms. The summed E-state index contributed by atoms with van der Waals surface area (Å²) >= 11 is 0. The van der Waals surface area contributed by atoms with Gasteiger partial charge in [-0.15, -0.1) is 0 Å². The molecule has 5 nitrogen and oxygen atoms in total. The summed E-state index contributed by atoms with van der Waals surface area (Å²) in [4.78, 5) is 25.5. The average Bonchev–Trinajstić information content (AvgIpc) is 3.11. The van der Waals surface area contributed by atoms with E-state index < -0.39 is 0 Å². The van der Waals surface area contributed by atoms with Crippen molar-refractivity contribution in [1.82, 2.24) is 9.88 Å². The number of ether oxygens (including phenoxy) is 1. The van der Waals surface area contributed by atoms with Gasteiger partial charge in [0, 0.05) is 18.8 Å². The largest absolute Gasteiger partial charge is 0.376 e. The number of amides is 1. The van der Waals surface area contributed by atoms with Crippen LogP contribution in [-0.2, 0) is 11.3 Å². The molecule has 0 aliphatic carbocycles. The van der Waals surface area contributed by atoms with Crippen LogP contribution >= 0.6 is 0 Å². The van der Waals surface area contributed by atoms with Crippen LogP contribution in [0.2, 0.25) is 0 Å². The number of benzene rings is 1. The number of pyridine rings is 1. The Balaban J connectivity index is 1.84. The predicted octanol–water partition coefficient (Wildman–Crippen LogP) is 2.42. The molecule has 1 amide bonds. The maximum Gasteiger partial charge on any atom is 0.264 e. The van der Waals surface area contributed by atoms with E-state index >= 15 is 0 Å². The smallest absolute Gasteiger partial charge is 0.264 e. The molecule has 1 fully saturated rings. The minimum atomic E-state index is -0.320. The van der Waals surface area contributed by atoms with Crippen molar-refractivity contribution in [3.63, 3.8) is 0 Å². The van der Waals surface area contributed by atoms with Crippen molar-refractivity contribution in [2.75, 3.05) is 13.2 Å². The highest BCUT2D eigenvalue weighted by Gasteiger charge is 2.20. The van der Waals surface area contributed by atoms with E-state index in [1.54, 1.807) is 4.57 Å². The van der Waals surface area contributed by atoms with Gasteiger partial charge >= 0.3 is 0 Å². The van der Waals surface area contributed by atoms with Crippen LogP contribution in [0.5, 0.6) is 0 Å². The standard InChI is InChI=1S/C20H24N2O3/c1-14-11-15(2)22(13-16-7-4-3-5-8-16)20(24)18(14)19(23)21-12-17-9-6-10-25-17/h3-5,7-8,11,17H,6,9-10,12-13H2,1-2H3,(H,21,23). The molecule has 132 valence electrons. The number of nitrogens with one attached hydrogen (secondary N) is 1. The van der Waals surface area contributed by atoms with Gasteiger partial charge in [-0.2, -0.15) is 0 Å². The second kappa shape index (κ2) is 7.66. The minimum absolute atomic E-state index is 0.0567. The third-order valence-corrected chi connectivity index (χ3v) is 4.63. The topological polar surface area (TPSA) is 60.3 Å². The summed E-state index contributed by atoms with van der Waals surface area (Å²) in [5, 5.41) is 2.86. The molecule has 25 heavy (non-hydrogen) atoms. The van der Waals surface area contributed by atoms with Crippen LogP contribution in [0, 0.1) is 13.8 Å². The fourth-order valence-electron chi connectivity index (χ4n) is 3.27. The molecule has 1 aliphatic heterocycles. The van der Waals surface area contributed by atoms with Gasteiger partial charge in [-0.05, 0) is 43.9 Å². The van der Waals surface area contributed by atoms with Gasteiger partial charge in [0.05, 0.1) is 12.6 Å². The van der Waals surface area contributed by atoms with Gasteiger partial charge in [-0.1, -0.05) is 30.3 Å². The highest BCUT2D eigenvalue weighted by molar-refractivity contribution is 5.95. The van der Waals surface area contributed by atoms with E-state index in [9.17, 15) is 9.59 Å². The number of carbonyl (C=O) groups is 1. The second-order valence-electron chi connectivity index (χ2n) is 6.57. The van der Waals surface area contributed by atoms with Crippen molar-refractivity contribution >= 4 is 5.91 Å². The first kappa shape index (κ1) is 17.4. The van der Waals surface area contributed by atoms with Crippen LogP contribution in [0.4, 0.5) is 0 Å². The van der Waals surface area contributed by atoms with Gasteiger partial charge in [0.2, 0.25) is 0 Å². The molecular formula is C20H24N2O3. The number of rotatable bonds is 5. The van der Waals surface area contributed by atoms with Crippen LogP contribution in [0.15, 0.2) is 41.2 Å². The van der Waals surface area contributed by atoms with E-state index in [0.29, 0.717) is 18.7 Å². The third kappa shape index (κ3) is 3.99. The van der Waals surface area contributed by atoms with Crippen molar-refractivity contribution in [3.05, 3.63) is 69.1 Å². The molecule has 1 N–H and O–H groups in total. The van der Waals surface area contributed by atoms with Crippen LogP contribution in [0.1, 0.15) is 40.0 Å². The number of nitrogens with zero attached hydrogens (tertiary/aromatic N) is 1. The molecule has 2 heterocycles. The van der Waals surface area contributed by atoms with E-state index in [-0.39, 0.29) is 23.1 Å². The fourth-order valence-corrected chi connectivity index (χ4v) is 3.27. The first-order valence-corrected chi connectivity index (χ1v) is 8.71. The van der Waals surface area contributed by atoms with Crippen LogP contribution in [0.25, 0.3) is 0 Å². The third-order valence-electron chi connectivity index (χ3n) is 4.63. The molecule has 3 rings (SSSR count). The summed E-state index contributed by atoms with van der Waals surface area (Å²) < 4.78 is 7.18. The lowest BCUT2D eigenvalue weighted by Gasteiger charge is -2.16. The SMILES string of the molecule is Cc1cc(C)n(Cc2ccccc2)c(=O)c1C(=O)NCC1CCCO1. The number of aromatic nitrogens is 1. The van der Waals surface area contributed by atoms with Crippen molar-refractivity contribution in [2.45, 2.75) is 39.3 Å². The monoisotopic (exact) mass is 340 g/mol. The fraction of sp³-hybridized carbons (Fsp3) is 0.400. The molecule has 1 aromatic carbocycles. The van der Waals surface area contributed by atoms with E-state index in [0.717, 1.165) is 30.7 Å². The molecule has 2 aromatic rings. The van der Waals surface area contributed by atoms with E-state index in [2.05, 4.69) is 5.32 Å². The van der Waals surface area contributed by atoms with Crippen LogP contribution in [0.3, 0.4) is 0 Å². The Hall–Kier alpha value is -2.40. The Morgan fingerprint density at radius 3 is 2.72 bits per heavy atom. The molecular weight excluding hydrogens is 316 g/mol. The molecule has 1 aliphatic rings. The predicted molar refractivity (Wildman–Crippen MR) is 97.0 cm³/mol.